The molecule has 3 heterocycles. The van der Waals surface area contributed by atoms with Crippen LogP contribution in [0.2, 0.25) is 5.02 Å². The molecule has 0 saturated heterocycles. The summed E-state index contributed by atoms with van der Waals surface area (Å²) in [5.41, 5.74) is 3.76. The van der Waals surface area contributed by atoms with Gasteiger partial charge in [-0.15, -0.1) is 0 Å². The van der Waals surface area contributed by atoms with Crippen molar-refractivity contribution in [1.29, 1.82) is 0 Å². The van der Waals surface area contributed by atoms with Gasteiger partial charge in [-0.3, -0.25) is 14.7 Å². The van der Waals surface area contributed by atoms with E-state index in [2.05, 4.69) is 15.2 Å². The first kappa shape index (κ1) is 25.7. The number of carbonyl (C=O) groups excluding carboxylic acids is 1. The number of H-pyrrole nitrogens is 2. The van der Waals surface area contributed by atoms with Crippen molar-refractivity contribution >= 4 is 49.2 Å². The number of hydrogen-bond acceptors (Lipinski definition) is 6. The molecule has 10 heteroatoms. The normalized spacial score (nSPS) is 11.7. The quantitative estimate of drug-likeness (QED) is 0.266. The summed E-state index contributed by atoms with van der Waals surface area (Å²) >= 11 is 6.54. The molecule has 3 aromatic heterocycles. The smallest absolute Gasteiger partial charge is 0.253 e. The molecule has 0 saturated carbocycles. The lowest BCUT2D eigenvalue weighted by atomic mass is 9.96. The second kappa shape index (κ2) is 10.2. The van der Waals surface area contributed by atoms with Gasteiger partial charge in [0.15, 0.2) is 15.6 Å². The van der Waals surface area contributed by atoms with Crippen LogP contribution in [0.5, 0.6) is 0 Å². The number of rotatable bonds is 7. The van der Waals surface area contributed by atoms with Gasteiger partial charge in [0.05, 0.1) is 27.3 Å². The SMILES string of the molecule is O=C(Cc1cc2cc(-c3cc(Cl)c4[nH]ncc4c3)c(-c3ccccc3)nc2[nH]c1=O)CS(=O)(=O)c1ccccc1. The molecule has 0 aliphatic rings. The second-order valence-electron chi connectivity index (χ2n) is 9.39. The summed E-state index contributed by atoms with van der Waals surface area (Å²) in [4.78, 5) is 33.4. The van der Waals surface area contributed by atoms with Crippen LogP contribution in [0.25, 0.3) is 44.3 Å². The van der Waals surface area contributed by atoms with Crippen molar-refractivity contribution in [2.75, 3.05) is 5.75 Å². The third-order valence-corrected chi connectivity index (χ3v) is 8.60. The molecule has 0 aliphatic carbocycles. The van der Waals surface area contributed by atoms with Crippen LogP contribution in [0.15, 0.2) is 101 Å². The monoisotopic (exact) mass is 568 g/mol. The van der Waals surface area contributed by atoms with E-state index in [1.165, 1.54) is 12.1 Å². The molecule has 2 N–H and O–H groups in total. The maximum Gasteiger partial charge on any atom is 0.253 e. The van der Waals surface area contributed by atoms with E-state index in [1.807, 2.05) is 48.5 Å². The Kier molecular flexibility index (Phi) is 6.53. The number of fused-ring (bicyclic) bond motifs is 2. The van der Waals surface area contributed by atoms with Gasteiger partial charge in [0.1, 0.15) is 11.4 Å². The van der Waals surface area contributed by atoms with Crippen molar-refractivity contribution in [3.05, 3.63) is 112 Å². The van der Waals surface area contributed by atoms with Gasteiger partial charge < -0.3 is 4.98 Å². The summed E-state index contributed by atoms with van der Waals surface area (Å²) in [7, 11) is -3.83. The molecule has 6 rings (SSSR count). The standard InChI is InChI=1S/C30H21ClN4O4S/c31-26-15-19(11-22-16-32-35-28(22)26)25-14-20-12-21(13-23(36)17-40(38,39)24-9-5-2-6-10-24)30(37)34-29(20)33-27(25)18-7-3-1-4-8-18/h1-12,14-16H,13,17H2,(H,32,35)(H,33,34,37). The molecule has 0 atom stereocenters. The molecule has 0 bridgehead atoms. The Morgan fingerprint density at radius 2 is 1.60 bits per heavy atom. The van der Waals surface area contributed by atoms with Crippen LogP contribution >= 0.6 is 11.6 Å². The van der Waals surface area contributed by atoms with Gasteiger partial charge in [-0.05, 0) is 42.0 Å². The highest BCUT2D eigenvalue weighted by Gasteiger charge is 2.21. The number of sulfone groups is 1. The highest BCUT2D eigenvalue weighted by molar-refractivity contribution is 7.92. The summed E-state index contributed by atoms with van der Waals surface area (Å²) in [6, 6.07) is 24.6. The number of benzene rings is 3. The second-order valence-corrected chi connectivity index (χ2v) is 11.8. The van der Waals surface area contributed by atoms with Crippen LogP contribution in [0.1, 0.15) is 5.56 Å². The number of nitrogens with zero attached hydrogens (tertiary/aromatic N) is 2. The number of pyridine rings is 2. The molecule has 6 aromatic rings. The lowest BCUT2D eigenvalue weighted by Crippen LogP contribution is -2.22. The summed E-state index contributed by atoms with van der Waals surface area (Å²) in [6.45, 7) is 0. The van der Waals surface area contributed by atoms with Gasteiger partial charge in [-0.1, -0.05) is 60.1 Å². The van der Waals surface area contributed by atoms with Crippen molar-refractivity contribution in [3.63, 3.8) is 0 Å². The van der Waals surface area contributed by atoms with E-state index < -0.39 is 26.9 Å². The number of aromatic nitrogens is 4. The van der Waals surface area contributed by atoms with Gasteiger partial charge in [0, 0.05) is 33.9 Å². The van der Waals surface area contributed by atoms with Crippen molar-refractivity contribution < 1.29 is 13.2 Å². The van der Waals surface area contributed by atoms with Crippen molar-refractivity contribution in [2.45, 2.75) is 11.3 Å². The highest BCUT2D eigenvalue weighted by atomic mass is 35.5. The molecular weight excluding hydrogens is 548 g/mol. The minimum absolute atomic E-state index is 0.0614. The minimum Gasteiger partial charge on any atom is -0.306 e. The first-order valence-electron chi connectivity index (χ1n) is 12.3. The first-order chi connectivity index (χ1) is 19.3. The van der Waals surface area contributed by atoms with Gasteiger partial charge in [-0.25, -0.2) is 13.4 Å². The fourth-order valence-electron chi connectivity index (χ4n) is 4.70. The van der Waals surface area contributed by atoms with Gasteiger partial charge >= 0.3 is 0 Å². The predicted octanol–water partition coefficient (Wildman–Crippen LogP) is 5.37. The molecular formula is C30H21ClN4O4S. The molecule has 0 radical (unpaired) electrons. The molecule has 0 aliphatic heterocycles. The van der Waals surface area contributed by atoms with Gasteiger partial charge in [0.25, 0.3) is 5.56 Å². The minimum atomic E-state index is -3.83. The first-order valence-corrected chi connectivity index (χ1v) is 14.4. The average molecular weight is 569 g/mol. The summed E-state index contributed by atoms with van der Waals surface area (Å²) in [5, 5.41) is 8.88. The summed E-state index contributed by atoms with van der Waals surface area (Å²) in [6.07, 6.45) is 1.35. The Labute approximate surface area is 233 Å². The van der Waals surface area contributed by atoms with Crippen molar-refractivity contribution in [3.8, 4) is 22.4 Å². The number of ketones is 1. The Morgan fingerprint density at radius 3 is 2.35 bits per heavy atom. The van der Waals surface area contributed by atoms with Crippen molar-refractivity contribution in [1.82, 2.24) is 20.2 Å². The Balaban J connectivity index is 1.43. The summed E-state index contributed by atoms with van der Waals surface area (Å²) in [5.74, 6) is -1.28. The maximum atomic E-state index is 12.9. The zero-order chi connectivity index (χ0) is 27.9. The van der Waals surface area contributed by atoms with E-state index >= 15 is 0 Å². The fourth-order valence-corrected chi connectivity index (χ4v) is 6.24. The number of hydrogen-bond donors (Lipinski definition) is 2. The molecule has 0 fully saturated rings. The zero-order valence-corrected chi connectivity index (χ0v) is 22.5. The lowest BCUT2D eigenvalue weighted by Gasteiger charge is -2.13. The number of carbonyl (C=O) groups is 1. The van der Waals surface area contributed by atoms with Crippen LogP contribution in [-0.4, -0.2) is 40.1 Å². The molecule has 0 unspecified atom stereocenters. The average Bonchev–Trinajstić information content (AvgIpc) is 3.43. The van der Waals surface area contributed by atoms with Gasteiger partial charge in [-0.2, -0.15) is 5.10 Å². The Morgan fingerprint density at radius 1 is 0.875 bits per heavy atom. The maximum absolute atomic E-state index is 12.9. The van der Waals surface area contributed by atoms with E-state index in [0.29, 0.717) is 21.7 Å². The lowest BCUT2D eigenvalue weighted by molar-refractivity contribution is -0.116. The molecule has 0 spiro atoms. The van der Waals surface area contributed by atoms with Crippen LogP contribution in [0.4, 0.5) is 0 Å². The van der Waals surface area contributed by atoms with Crippen LogP contribution in [0.3, 0.4) is 0 Å². The molecule has 3 aromatic carbocycles. The number of halogens is 1. The Bertz CT molecular complexity index is 2070. The Hall–Kier alpha value is -4.60. The largest absolute Gasteiger partial charge is 0.306 e. The summed E-state index contributed by atoms with van der Waals surface area (Å²) < 4.78 is 25.3. The van der Waals surface area contributed by atoms with E-state index in [1.54, 1.807) is 30.5 Å². The molecule has 198 valence electrons. The van der Waals surface area contributed by atoms with E-state index in [4.69, 9.17) is 16.6 Å². The fraction of sp³-hybridized carbons (Fsp3) is 0.0667. The van der Waals surface area contributed by atoms with Gasteiger partial charge in [0.2, 0.25) is 0 Å². The third kappa shape index (κ3) is 4.92. The van der Waals surface area contributed by atoms with Crippen LogP contribution < -0.4 is 5.56 Å². The number of nitrogens with one attached hydrogen (secondary N) is 2. The topological polar surface area (TPSA) is 126 Å². The number of Topliss-reactive ketones (excluding diaryl/α,β-unsaturated/α-hetero) is 1. The third-order valence-electron chi connectivity index (χ3n) is 6.61. The van der Waals surface area contributed by atoms with E-state index in [0.717, 1.165) is 27.6 Å². The highest BCUT2D eigenvalue weighted by Crippen LogP contribution is 2.36. The van der Waals surface area contributed by atoms with Crippen LogP contribution in [-0.2, 0) is 21.1 Å². The van der Waals surface area contributed by atoms with Crippen molar-refractivity contribution in [2.24, 2.45) is 0 Å². The number of aromatic amines is 2. The molecule has 0 amide bonds. The predicted molar refractivity (Wildman–Crippen MR) is 155 cm³/mol. The van der Waals surface area contributed by atoms with E-state index in [-0.39, 0.29) is 16.9 Å². The molecule has 8 nitrogen and oxygen atoms in total. The van der Waals surface area contributed by atoms with Crippen LogP contribution in [0, 0.1) is 0 Å². The van der Waals surface area contributed by atoms with E-state index in [9.17, 15) is 18.0 Å². The molecule has 40 heavy (non-hydrogen) atoms. The zero-order valence-electron chi connectivity index (χ0n) is 20.9.